The summed E-state index contributed by atoms with van der Waals surface area (Å²) in [5.41, 5.74) is 0.0614. The second kappa shape index (κ2) is 9.39. The molecule has 2 fully saturated rings. The van der Waals surface area contributed by atoms with Crippen LogP contribution in [0.15, 0.2) is 4.99 Å². The second-order valence-corrected chi connectivity index (χ2v) is 7.11. The molecule has 136 valence electrons. The molecule has 1 atom stereocenters. The molecule has 7 heteroatoms. The highest BCUT2D eigenvalue weighted by atomic mass is 127. The van der Waals surface area contributed by atoms with E-state index in [4.69, 9.17) is 9.47 Å². The maximum absolute atomic E-state index is 5.79. The predicted molar refractivity (Wildman–Crippen MR) is 105 cm³/mol. The van der Waals surface area contributed by atoms with Crippen molar-refractivity contribution in [1.82, 2.24) is 15.5 Å². The Morgan fingerprint density at radius 2 is 2.00 bits per heavy atom. The lowest BCUT2D eigenvalue weighted by molar-refractivity contribution is -0.0496. The SMILES string of the molecule is CN=C(NCCN1CCOCC1(C)C)NCC1(C)CCCO1.I. The maximum atomic E-state index is 5.79. The standard InChI is InChI=1S/C16H32N4O2.HI/c1-15(2)13-21-11-9-20(15)8-7-18-14(17-4)19-12-16(3)6-5-10-22-16;/h5-13H2,1-4H3,(H2,17,18,19);1H. The van der Waals surface area contributed by atoms with Crippen molar-refractivity contribution in [2.75, 3.05) is 53.0 Å². The molecular formula is C16H33IN4O2. The Balaban J connectivity index is 0.00000264. The van der Waals surface area contributed by atoms with E-state index in [1.165, 1.54) is 0 Å². The van der Waals surface area contributed by atoms with Crippen molar-refractivity contribution in [3.05, 3.63) is 0 Å². The Labute approximate surface area is 157 Å². The molecule has 2 heterocycles. The minimum absolute atomic E-state index is 0. The molecule has 6 nitrogen and oxygen atoms in total. The van der Waals surface area contributed by atoms with Crippen LogP contribution in [0.3, 0.4) is 0 Å². The van der Waals surface area contributed by atoms with Crippen molar-refractivity contribution in [2.45, 2.75) is 44.8 Å². The number of hydrogen-bond donors (Lipinski definition) is 2. The Morgan fingerprint density at radius 1 is 1.22 bits per heavy atom. The molecule has 2 rings (SSSR count). The molecule has 0 spiro atoms. The van der Waals surface area contributed by atoms with Crippen LogP contribution in [0, 0.1) is 0 Å². The number of hydrogen-bond acceptors (Lipinski definition) is 4. The summed E-state index contributed by atoms with van der Waals surface area (Å²) in [5.74, 6) is 0.850. The van der Waals surface area contributed by atoms with Gasteiger partial charge in [0.25, 0.3) is 0 Å². The van der Waals surface area contributed by atoms with E-state index >= 15 is 0 Å². The van der Waals surface area contributed by atoms with Gasteiger partial charge >= 0.3 is 0 Å². The van der Waals surface area contributed by atoms with E-state index in [1.54, 1.807) is 0 Å². The van der Waals surface area contributed by atoms with Crippen molar-refractivity contribution < 1.29 is 9.47 Å². The number of ether oxygens (including phenoxy) is 2. The molecule has 2 aliphatic rings. The van der Waals surface area contributed by atoms with Crippen molar-refractivity contribution in [3.8, 4) is 0 Å². The Morgan fingerprint density at radius 3 is 2.61 bits per heavy atom. The molecule has 0 radical (unpaired) electrons. The first-order chi connectivity index (χ1) is 10.5. The first kappa shape index (κ1) is 20.9. The lowest BCUT2D eigenvalue weighted by Gasteiger charge is -2.42. The third kappa shape index (κ3) is 6.36. The van der Waals surface area contributed by atoms with Crippen LogP contribution in [-0.4, -0.2) is 75.0 Å². The van der Waals surface area contributed by atoms with Gasteiger partial charge in [-0.2, -0.15) is 0 Å². The summed E-state index contributed by atoms with van der Waals surface area (Å²) in [5, 5.41) is 6.78. The summed E-state index contributed by atoms with van der Waals surface area (Å²) >= 11 is 0. The molecule has 0 amide bonds. The first-order valence-corrected chi connectivity index (χ1v) is 8.36. The summed E-state index contributed by atoms with van der Waals surface area (Å²) in [6, 6.07) is 0. The van der Waals surface area contributed by atoms with Gasteiger partial charge in [-0.25, -0.2) is 0 Å². The van der Waals surface area contributed by atoms with Gasteiger partial charge in [0.1, 0.15) is 0 Å². The van der Waals surface area contributed by atoms with Gasteiger partial charge in [0.05, 0.1) is 18.8 Å². The average molecular weight is 440 g/mol. The van der Waals surface area contributed by atoms with Crippen LogP contribution in [0.5, 0.6) is 0 Å². The summed E-state index contributed by atoms with van der Waals surface area (Å²) in [6.07, 6.45) is 2.26. The minimum atomic E-state index is -0.0518. The molecule has 0 aromatic carbocycles. The average Bonchev–Trinajstić information content (AvgIpc) is 2.91. The van der Waals surface area contributed by atoms with Crippen LogP contribution in [0.4, 0.5) is 0 Å². The topological polar surface area (TPSA) is 58.1 Å². The number of aliphatic imine (C=N–C) groups is 1. The normalized spacial score (nSPS) is 28.3. The molecule has 1 unspecified atom stereocenters. The van der Waals surface area contributed by atoms with Gasteiger partial charge in [0.15, 0.2) is 5.96 Å². The van der Waals surface area contributed by atoms with E-state index in [0.29, 0.717) is 0 Å². The fourth-order valence-corrected chi connectivity index (χ4v) is 3.08. The number of guanidine groups is 1. The van der Waals surface area contributed by atoms with Gasteiger partial charge in [-0.15, -0.1) is 24.0 Å². The van der Waals surface area contributed by atoms with Gasteiger partial charge in [-0.3, -0.25) is 9.89 Å². The largest absolute Gasteiger partial charge is 0.378 e. The molecular weight excluding hydrogens is 407 g/mol. The van der Waals surface area contributed by atoms with Gasteiger partial charge in [0, 0.05) is 45.4 Å². The number of nitrogens with zero attached hydrogens (tertiary/aromatic N) is 2. The van der Waals surface area contributed by atoms with Gasteiger partial charge in [-0.05, 0) is 33.6 Å². The minimum Gasteiger partial charge on any atom is -0.378 e. The zero-order chi connectivity index (χ0) is 16.1. The highest BCUT2D eigenvalue weighted by molar-refractivity contribution is 14.0. The summed E-state index contributed by atoms with van der Waals surface area (Å²) < 4.78 is 11.4. The lowest BCUT2D eigenvalue weighted by Crippen LogP contribution is -2.55. The second-order valence-electron chi connectivity index (χ2n) is 7.11. The van der Waals surface area contributed by atoms with Crippen molar-refractivity contribution in [2.24, 2.45) is 4.99 Å². The van der Waals surface area contributed by atoms with E-state index in [9.17, 15) is 0 Å². The van der Waals surface area contributed by atoms with Crippen LogP contribution >= 0.6 is 24.0 Å². The van der Waals surface area contributed by atoms with Gasteiger partial charge in [0.2, 0.25) is 0 Å². The van der Waals surface area contributed by atoms with Gasteiger partial charge in [-0.1, -0.05) is 0 Å². The van der Waals surface area contributed by atoms with E-state index < -0.39 is 0 Å². The molecule has 0 bridgehead atoms. The predicted octanol–water partition coefficient (Wildman–Crippen LogP) is 1.45. The lowest BCUT2D eigenvalue weighted by atomic mass is 10.0. The quantitative estimate of drug-likeness (QED) is 0.385. The fourth-order valence-electron chi connectivity index (χ4n) is 3.08. The molecule has 2 saturated heterocycles. The van der Waals surface area contributed by atoms with Crippen LogP contribution < -0.4 is 10.6 Å². The Hall–Kier alpha value is -0.120. The highest BCUT2D eigenvalue weighted by Crippen LogP contribution is 2.23. The number of rotatable bonds is 5. The molecule has 2 N–H and O–H groups in total. The maximum Gasteiger partial charge on any atom is 0.191 e. The van der Waals surface area contributed by atoms with Crippen LogP contribution in [0.2, 0.25) is 0 Å². The highest BCUT2D eigenvalue weighted by Gasteiger charge is 2.31. The summed E-state index contributed by atoms with van der Waals surface area (Å²) in [7, 11) is 1.81. The van der Waals surface area contributed by atoms with Crippen molar-refractivity contribution in [3.63, 3.8) is 0 Å². The van der Waals surface area contributed by atoms with Crippen LogP contribution in [0.1, 0.15) is 33.6 Å². The monoisotopic (exact) mass is 440 g/mol. The molecule has 0 aromatic rings. The third-order valence-electron chi connectivity index (χ3n) is 4.64. The zero-order valence-electron chi connectivity index (χ0n) is 15.0. The summed E-state index contributed by atoms with van der Waals surface area (Å²) in [6.45, 7) is 12.8. The van der Waals surface area contributed by atoms with Crippen molar-refractivity contribution in [1.29, 1.82) is 0 Å². The van der Waals surface area contributed by atoms with Crippen molar-refractivity contribution >= 4 is 29.9 Å². The molecule has 0 saturated carbocycles. The van der Waals surface area contributed by atoms with E-state index in [0.717, 1.165) is 64.8 Å². The van der Waals surface area contributed by atoms with E-state index in [1.807, 2.05) is 7.05 Å². The van der Waals surface area contributed by atoms with Gasteiger partial charge < -0.3 is 20.1 Å². The van der Waals surface area contributed by atoms with E-state index in [-0.39, 0.29) is 35.1 Å². The molecule has 0 aliphatic carbocycles. The molecule has 23 heavy (non-hydrogen) atoms. The smallest absolute Gasteiger partial charge is 0.191 e. The Kier molecular flexibility index (Phi) is 8.54. The summed E-state index contributed by atoms with van der Waals surface area (Å²) in [4.78, 5) is 6.77. The number of morpholine rings is 1. The zero-order valence-corrected chi connectivity index (χ0v) is 17.3. The fraction of sp³-hybridized carbons (Fsp3) is 0.938. The first-order valence-electron chi connectivity index (χ1n) is 8.36. The third-order valence-corrected chi connectivity index (χ3v) is 4.64. The van der Waals surface area contributed by atoms with E-state index in [2.05, 4.69) is 41.3 Å². The molecule has 2 aliphatic heterocycles. The number of nitrogens with one attached hydrogen (secondary N) is 2. The Bertz CT molecular complexity index is 384. The van der Waals surface area contributed by atoms with Crippen LogP contribution in [-0.2, 0) is 9.47 Å². The number of halogens is 1. The van der Waals surface area contributed by atoms with Crippen LogP contribution in [0.25, 0.3) is 0 Å². The molecule has 0 aromatic heterocycles.